The van der Waals surface area contributed by atoms with Crippen molar-refractivity contribution < 1.29 is 9.53 Å². The lowest BCUT2D eigenvalue weighted by Gasteiger charge is -2.34. The number of nitrogens with zero attached hydrogens (tertiary/aromatic N) is 3. The molecular formula is C18H23N3O2S. The SMILES string of the molecule is CC(=O)N(c1ccccc1)c1nc(CN2C[C@H](C)O[C@@H](C)C2)cs1. The van der Waals surface area contributed by atoms with E-state index in [0.29, 0.717) is 0 Å². The molecule has 0 saturated carbocycles. The third-order valence-corrected chi connectivity index (χ3v) is 4.82. The van der Waals surface area contributed by atoms with Crippen molar-refractivity contribution in [2.24, 2.45) is 0 Å². The Morgan fingerprint density at radius 2 is 1.96 bits per heavy atom. The van der Waals surface area contributed by atoms with Gasteiger partial charge < -0.3 is 4.74 Å². The first-order chi connectivity index (χ1) is 11.5. The zero-order valence-electron chi connectivity index (χ0n) is 14.3. The number of thiazole rings is 1. The molecule has 0 spiro atoms. The van der Waals surface area contributed by atoms with E-state index in [1.807, 2.05) is 35.7 Å². The van der Waals surface area contributed by atoms with Crippen LogP contribution in [0, 0.1) is 0 Å². The molecule has 2 aromatic rings. The molecule has 1 aromatic heterocycles. The Labute approximate surface area is 146 Å². The number of aromatic nitrogens is 1. The van der Waals surface area contributed by atoms with Crippen LogP contribution in [0.1, 0.15) is 26.5 Å². The first-order valence-corrected chi connectivity index (χ1v) is 9.09. The summed E-state index contributed by atoms with van der Waals surface area (Å²) in [6.45, 7) is 8.37. The van der Waals surface area contributed by atoms with Crippen LogP contribution in [0.15, 0.2) is 35.7 Å². The van der Waals surface area contributed by atoms with Crippen LogP contribution in [0.25, 0.3) is 0 Å². The van der Waals surface area contributed by atoms with E-state index in [1.165, 1.54) is 11.3 Å². The van der Waals surface area contributed by atoms with Gasteiger partial charge in [-0.15, -0.1) is 11.3 Å². The maximum absolute atomic E-state index is 12.1. The van der Waals surface area contributed by atoms with E-state index in [2.05, 4.69) is 18.7 Å². The highest BCUT2D eigenvalue weighted by Gasteiger charge is 2.23. The highest BCUT2D eigenvalue weighted by Crippen LogP contribution is 2.29. The highest BCUT2D eigenvalue weighted by molar-refractivity contribution is 7.14. The molecule has 0 unspecified atom stereocenters. The Bertz CT molecular complexity index is 679. The number of amides is 1. The van der Waals surface area contributed by atoms with Gasteiger partial charge in [0.1, 0.15) is 0 Å². The summed E-state index contributed by atoms with van der Waals surface area (Å²) in [5.41, 5.74) is 1.85. The second-order valence-electron chi connectivity index (χ2n) is 6.26. The first kappa shape index (κ1) is 17.1. The van der Waals surface area contributed by atoms with Crippen molar-refractivity contribution in [2.45, 2.75) is 39.5 Å². The van der Waals surface area contributed by atoms with Gasteiger partial charge in [-0.2, -0.15) is 0 Å². The number of carbonyl (C=O) groups is 1. The van der Waals surface area contributed by atoms with Crippen LogP contribution in [0.5, 0.6) is 0 Å². The van der Waals surface area contributed by atoms with Crippen LogP contribution in [-0.4, -0.2) is 41.1 Å². The number of hydrogen-bond donors (Lipinski definition) is 0. The molecule has 1 fully saturated rings. The van der Waals surface area contributed by atoms with Crippen LogP contribution in [0.4, 0.5) is 10.8 Å². The van der Waals surface area contributed by atoms with Crippen molar-refractivity contribution in [3.05, 3.63) is 41.4 Å². The summed E-state index contributed by atoms with van der Waals surface area (Å²) >= 11 is 1.51. The minimum atomic E-state index is -0.0317. The summed E-state index contributed by atoms with van der Waals surface area (Å²) in [6, 6.07) is 9.64. The van der Waals surface area contributed by atoms with Gasteiger partial charge >= 0.3 is 0 Å². The number of benzene rings is 1. The molecule has 1 aliphatic rings. The topological polar surface area (TPSA) is 45.7 Å². The fraction of sp³-hybridized carbons (Fsp3) is 0.444. The van der Waals surface area contributed by atoms with E-state index < -0.39 is 0 Å². The number of hydrogen-bond acceptors (Lipinski definition) is 5. The molecule has 0 radical (unpaired) electrons. The molecule has 1 aromatic carbocycles. The Hall–Kier alpha value is -1.76. The van der Waals surface area contributed by atoms with Crippen molar-refractivity contribution in [3.63, 3.8) is 0 Å². The largest absolute Gasteiger partial charge is 0.373 e. The summed E-state index contributed by atoms with van der Waals surface area (Å²) in [5.74, 6) is -0.0317. The van der Waals surface area contributed by atoms with Gasteiger partial charge in [0.2, 0.25) is 5.91 Å². The average molecular weight is 345 g/mol. The number of rotatable bonds is 4. The van der Waals surface area contributed by atoms with Crippen LogP contribution in [0.2, 0.25) is 0 Å². The number of ether oxygens (including phenoxy) is 1. The zero-order valence-corrected chi connectivity index (χ0v) is 15.1. The van der Waals surface area contributed by atoms with Crippen molar-refractivity contribution in [3.8, 4) is 0 Å². The lowest BCUT2D eigenvalue weighted by molar-refractivity contribution is -0.115. The molecule has 2 heterocycles. The van der Waals surface area contributed by atoms with E-state index in [4.69, 9.17) is 9.72 Å². The van der Waals surface area contributed by atoms with Gasteiger partial charge in [-0.25, -0.2) is 4.98 Å². The molecule has 1 amide bonds. The Balaban J connectivity index is 1.75. The summed E-state index contributed by atoms with van der Waals surface area (Å²) < 4.78 is 5.77. The van der Waals surface area contributed by atoms with E-state index in [0.717, 1.165) is 36.1 Å². The molecule has 1 saturated heterocycles. The number of morpholine rings is 1. The van der Waals surface area contributed by atoms with Gasteiger partial charge in [0, 0.05) is 31.9 Å². The Morgan fingerprint density at radius 1 is 1.29 bits per heavy atom. The summed E-state index contributed by atoms with van der Waals surface area (Å²) in [4.78, 5) is 20.8. The summed E-state index contributed by atoms with van der Waals surface area (Å²) in [7, 11) is 0. The zero-order chi connectivity index (χ0) is 17.1. The van der Waals surface area contributed by atoms with Gasteiger partial charge in [0.15, 0.2) is 5.13 Å². The van der Waals surface area contributed by atoms with Crippen molar-refractivity contribution in [1.82, 2.24) is 9.88 Å². The lowest BCUT2D eigenvalue weighted by Crippen LogP contribution is -2.44. The van der Waals surface area contributed by atoms with Crippen LogP contribution < -0.4 is 4.90 Å². The number of para-hydroxylation sites is 1. The van der Waals surface area contributed by atoms with E-state index in [9.17, 15) is 4.79 Å². The second-order valence-corrected chi connectivity index (χ2v) is 7.10. The quantitative estimate of drug-likeness (QED) is 0.852. The molecule has 24 heavy (non-hydrogen) atoms. The smallest absolute Gasteiger partial charge is 0.230 e. The number of carbonyl (C=O) groups excluding carboxylic acids is 1. The predicted molar refractivity (Wildman–Crippen MR) is 96.7 cm³/mol. The van der Waals surface area contributed by atoms with Gasteiger partial charge in [-0.1, -0.05) is 18.2 Å². The Kier molecular flexibility index (Phi) is 5.28. The monoisotopic (exact) mass is 345 g/mol. The first-order valence-electron chi connectivity index (χ1n) is 8.21. The van der Waals surface area contributed by atoms with Crippen LogP contribution in [-0.2, 0) is 16.1 Å². The maximum atomic E-state index is 12.1. The van der Waals surface area contributed by atoms with Crippen molar-refractivity contribution in [1.29, 1.82) is 0 Å². The maximum Gasteiger partial charge on any atom is 0.230 e. The highest BCUT2D eigenvalue weighted by atomic mass is 32.1. The molecule has 1 aliphatic heterocycles. The van der Waals surface area contributed by atoms with Crippen molar-refractivity contribution >= 4 is 28.1 Å². The van der Waals surface area contributed by atoms with Gasteiger partial charge in [-0.3, -0.25) is 14.6 Å². The molecule has 6 heteroatoms. The molecule has 0 N–H and O–H groups in total. The summed E-state index contributed by atoms with van der Waals surface area (Å²) in [6.07, 6.45) is 0.481. The van der Waals surface area contributed by atoms with Gasteiger partial charge in [0.25, 0.3) is 0 Å². The standard InChI is InChI=1S/C18H23N3O2S/c1-13-9-20(10-14(2)23-13)11-16-12-24-18(19-16)21(15(3)22)17-7-5-4-6-8-17/h4-8,12-14H,9-11H2,1-3H3/t13-,14-/m0/s1. The lowest BCUT2D eigenvalue weighted by atomic mass is 10.2. The van der Waals surface area contributed by atoms with Crippen LogP contribution in [0.3, 0.4) is 0 Å². The van der Waals surface area contributed by atoms with E-state index in [-0.39, 0.29) is 18.1 Å². The predicted octanol–water partition coefficient (Wildman–Crippen LogP) is 3.44. The molecule has 5 nitrogen and oxygen atoms in total. The minimum Gasteiger partial charge on any atom is -0.373 e. The third-order valence-electron chi connectivity index (χ3n) is 3.94. The van der Waals surface area contributed by atoms with E-state index >= 15 is 0 Å². The molecule has 2 atom stereocenters. The average Bonchev–Trinajstić information content (AvgIpc) is 2.95. The van der Waals surface area contributed by atoms with Gasteiger partial charge in [0.05, 0.1) is 23.6 Å². The van der Waals surface area contributed by atoms with E-state index in [1.54, 1.807) is 11.8 Å². The molecular weight excluding hydrogens is 322 g/mol. The fourth-order valence-corrected chi connectivity index (χ4v) is 4.00. The minimum absolute atomic E-state index is 0.0317. The third kappa shape index (κ3) is 4.01. The number of anilines is 2. The second kappa shape index (κ2) is 7.42. The molecule has 0 aliphatic carbocycles. The molecule has 0 bridgehead atoms. The van der Waals surface area contributed by atoms with Crippen LogP contribution >= 0.6 is 11.3 Å². The fourth-order valence-electron chi connectivity index (χ4n) is 3.12. The Morgan fingerprint density at radius 3 is 2.58 bits per heavy atom. The molecule has 128 valence electrons. The normalized spacial score (nSPS) is 21.6. The van der Waals surface area contributed by atoms with Gasteiger partial charge in [-0.05, 0) is 26.0 Å². The molecule has 3 rings (SSSR count). The summed E-state index contributed by atoms with van der Waals surface area (Å²) in [5, 5.41) is 2.76. The van der Waals surface area contributed by atoms with Crippen molar-refractivity contribution in [2.75, 3.05) is 18.0 Å².